The molecule has 1 atom stereocenters. The Morgan fingerprint density at radius 2 is 1.84 bits per heavy atom. The van der Waals surface area contributed by atoms with Gasteiger partial charge in [0.15, 0.2) is 0 Å². The van der Waals surface area contributed by atoms with Gasteiger partial charge in [0.1, 0.15) is 5.82 Å². The number of rotatable bonds is 5. The summed E-state index contributed by atoms with van der Waals surface area (Å²) in [5.74, 6) is -0.589. The lowest BCUT2D eigenvalue weighted by Gasteiger charge is -2.32. The zero-order valence-electron chi connectivity index (χ0n) is 17.1. The van der Waals surface area contributed by atoms with E-state index >= 15 is 0 Å². The summed E-state index contributed by atoms with van der Waals surface area (Å²) in [6.07, 6.45) is 2.13. The Morgan fingerprint density at radius 3 is 2.61 bits per heavy atom. The number of piperidine rings is 1. The predicted molar refractivity (Wildman–Crippen MR) is 117 cm³/mol. The maximum Gasteiger partial charge on any atom is 0.248 e. The first-order valence-electron chi connectivity index (χ1n) is 10.4. The maximum atomic E-state index is 13.1. The molecule has 1 aliphatic heterocycles. The number of carbonyl (C=O) groups is 2. The van der Waals surface area contributed by atoms with Crippen LogP contribution in [0.15, 0.2) is 66.7 Å². The molecule has 1 aromatic heterocycles. The highest BCUT2D eigenvalue weighted by Gasteiger charge is 2.26. The Bertz CT molecular complexity index is 1100. The molecule has 1 saturated heterocycles. The summed E-state index contributed by atoms with van der Waals surface area (Å²) in [5, 5.41) is 0. The highest BCUT2D eigenvalue weighted by molar-refractivity contribution is 5.94. The number of hydrogen-bond donors (Lipinski definition) is 1. The molecule has 0 saturated carbocycles. The summed E-state index contributed by atoms with van der Waals surface area (Å²) in [4.78, 5) is 31.0. The van der Waals surface area contributed by atoms with Crippen molar-refractivity contribution in [1.82, 2.24) is 9.88 Å². The number of nitrogens with two attached hydrogens (primary N) is 1. The molecule has 0 aliphatic carbocycles. The fraction of sp³-hybridized carbons (Fsp3) is 0.240. The molecular weight excluding hydrogens is 393 g/mol. The van der Waals surface area contributed by atoms with Crippen LogP contribution in [0.4, 0.5) is 4.39 Å². The van der Waals surface area contributed by atoms with Crippen LogP contribution >= 0.6 is 0 Å². The standard InChI is InChI=1S/C25H24FN3O2/c26-21-11-9-17(10-12-21)14-24(30)29-13-3-6-20(16-29)23-8-2-7-22(28-23)18-4-1-5-19(15-18)25(27)31/h1-2,4-5,7-12,15,20H,3,6,13-14,16H2,(H2,27,31)/t20-/m1/s1. The molecule has 5 nitrogen and oxygen atoms in total. The van der Waals surface area contributed by atoms with Gasteiger partial charge in [-0.15, -0.1) is 0 Å². The number of carbonyl (C=O) groups excluding carboxylic acids is 2. The van der Waals surface area contributed by atoms with E-state index in [2.05, 4.69) is 0 Å². The number of likely N-dealkylation sites (tertiary alicyclic amines) is 1. The molecule has 158 valence electrons. The highest BCUT2D eigenvalue weighted by atomic mass is 19.1. The van der Waals surface area contributed by atoms with Crippen LogP contribution in [0.2, 0.25) is 0 Å². The number of benzene rings is 2. The van der Waals surface area contributed by atoms with Crippen LogP contribution < -0.4 is 5.73 Å². The van der Waals surface area contributed by atoms with Gasteiger partial charge in [0, 0.05) is 35.8 Å². The molecular formula is C25H24FN3O2. The lowest BCUT2D eigenvalue weighted by molar-refractivity contribution is -0.131. The van der Waals surface area contributed by atoms with E-state index in [1.165, 1.54) is 12.1 Å². The minimum atomic E-state index is -0.472. The topological polar surface area (TPSA) is 76.3 Å². The third-order valence-electron chi connectivity index (χ3n) is 5.67. The van der Waals surface area contributed by atoms with Crippen molar-refractivity contribution in [1.29, 1.82) is 0 Å². The Kier molecular flexibility index (Phi) is 6.07. The van der Waals surface area contributed by atoms with Gasteiger partial charge < -0.3 is 10.6 Å². The number of aromatic nitrogens is 1. The maximum absolute atomic E-state index is 13.1. The Morgan fingerprint density at radius 1 is 1.06 bits per heavy atom. The van der Waals surface area contributed by atoms with Crippen molar-refractivity contribution in [3.8, 4) is 11.3 Å². The second-order valence-electron chi connectivity index (χ2n) is 7.87. The van der Waals surface area contributed by atoms with Crippen molar-refractivity contribution >= 4 is 11.8 Å². The van der Waals surface area contributed by atoms with E-state index in [1.54, 1.807) is 30.3 Å². The van der Waals surface area contributed by atoms with Gasteiger partial charge in [0.25, 0.3) is 0 Å². The molecule has 2 amide bonds. The smallest absolute Gasteiger partial charge is 0.248 e. The first-order valence-corrected chi connectivity index (χ1v) is 10.4. The number of pyridine rings is 1. The Hall–Kier alpha value is -3.54. The van der Waals surface area contributed by atoms with Crippen LogP contribution in [-0.4, -0.2) is 34.8 Å². The second kappa shape index (κ2) is 9.08. The fourth-order valence-electron chi connectivity index (χ4n) is 4.01. The van der Waals surface area contributed by atoms with Gasteiger partial charge in [-0.05, 0) is 54.8 Å². The number of halogens is 1. The minimum absolute atomic E-state index is 0.0432. The lowest BCUT2D eigenvalue weighted by atomic mass is 9.93. The van der Waals surface area contributed by atoms with E-state index in [9.17, 15) is 14.0 Å². The first kappa shape index (κ1) is 20.7. The van der Waals surface area contributed by atoms with Gasteiger partial charge in [-0.25, -0.2) is 4.39 Å². The van der Waals surface area contributed by atoms with Crippen molar-refractivity contribution < 1.29 is 14.0 Å². The molecule has 0 unspecified atom stereocenters. The number of amides is 2. The second-order valence-corrected chi connectivity index (χ2v) is 7.87. The highest BCUT2D eigenvalue weighted by Crippen LogP contribution is 2.28. The van der Waals surface area contributed by atoms with Crippen LogP contribution in [-0.2, 0) is 11.2 Å². The average Bonchev–Trinajstić information content (AvgIpc) is 2.81. The van der Waals surface area contributed by atoms with Crippen molar-refractivity contribution in [2.75, 3.05) is 13.1 Å². The zero-order chi connectivity index (χ0) is 21.8. The zero-order valence-corrected chi connectivity index (χ0v) is 17.1. The van der Waals surface area contributed by atoms with E-state index in [0.717, 1.165) is 41.9 Å². The molecule has 0 bridgehead atoms. The third-order valence-corrected chi connectivity index (χ3v) is 5.67. The van der Waals surface area contributed by atoms with Gasteiger partial charge in [-0.3, -0.25) is 14.6 Å². The average molecular weight is 417 g/mol. The molecule has 0 spiro atoms. The molecule has 2 heterocycles. The number of hydrogen-bond acceptors (Lipinski definition) is 3. The van der Waals surface area contributed by atoms with Crippen molar-refractivity contribution in [2.24, 2.45) is 5.73 Å². The molecule has 31 heavy (non-hydrogen) atoms. The van der Waals surface area contributed by atoms with Gasteiger partial charge in [0.05, 0.1) is 12.1 Å². The van der Waals surface area contributed by atoms with E-state index in [0.29, 0.717) is 12.1 Å². The minimum Gasteiger partial charge on any atom is -0.366 e. The number of primary amides is 1. The van der Waals surface area contributed by atoms with Crippen molar-refractivity contribution in [3.05, 3.63) is 89.4 Å². The molecule has 4 rings (SSSR count). The predicted octanol–water partition coefficient (Wildman–Crippen LogP) is 3.94. The molecule has 6 heteroatoms. The molecule has 2 N–H and O–H groups in total. The van der Waals surface area contributed by atoms with E-state index < -0.39 is 5.91 Å². The van der Waals surface area contributed by atoms with Gasteiger partial charge in [0.2, 0.25) is 11.8 Å². The van der Waals surface area contributed by atoms with E-state index in [-0.39, 0.29) is 24.1 Å². The van der Waals surface area contributed by atoms with Gasteiger partial charge in [-0.2, -0.15) is 0 Å². The summed E-state index contributed by atoms with van der Waals surface area (Å²) in [5.41, 5.74) is 9.19. The lowest BCUT2D eigenvalue weighted by Crippen LogP contribution is -2.40. The quantitative estimate of drug-likeness (QED) is 0.683. The monoisotopic (exact) mass is 417 g/mol. The van der Waals surface area contributed by atoms with Crippen LogP contribution in [0.5, 0.6) is 0 Å². The normalized spacial score (nSPS) is 16.2. The Balaban J connectivity index is 1.49. The summed E-state index contributed by atoms with van der Waals surface area (Å²) in [7, 11) is 0. The van der Waals surface area contributed by atoms with Gasteiger partial charge in [-0.1, -0.05) is 30.3 Å². The number of nitrogens with zero attached hydrogens (tertiary/aromatic N) is 2. The van der Waals surface area contributed by atoms with Crippen LogP contribution in [0.25, 0.3) is 11.3 Å². The van der Waals surface area contributed by atoms with Crippen molar-refractivity contribution in [2.45, 2.75) is 25.2 Å². The fourth-order valence-corrected chi connectivity index (χ4v) is 4.01. The molecule has 1 aliphatic rings. The van der Waals surface area contributed by atoms with Gasteiger partial charge >= 0.3 is 0 Å². The largest absolute Gasteiger partial charge is 0.366 e. The van der Waals surface area contributed by atoms with Crippen molar-refractivity contribution in [3.63, 3.8) is 0 Å². The SMILES string of the molecule is NC(=O)c1cccc(-c2cccc([C@@H]3CCCN(C(=O)Cc4ccc(F)cc4)C3)n2)c1. The van der Waals surface area contributed by atoms with Crippen LogP contribution in [0, 0.1) is 5.82 Å². The summed E-state index contributed by atoms with van der Waals surface area (Å²) in [6, 6.07) is 19.0. The Labute approximate surface area is 180 Å². The summed E-state index contributed by atoms with van der Waals surface area (Å²) in [6.45, 7) is 1.33. The molecule has 2 aromatic carbocycles. The summed E-state index contributed by atoms with van der Waals surface area (Å²) < 4.78 is 13.1. The molecule has 1 fully saturated rings. The van der Waals surface area contributed by atoms with E-state index in [4.69, 9.17) is 10.7 Å². The molecule has 3 aromatic rings. The molecule has 0 radical (unpaired) electrons. The van der Waals surface area contributed by atoms with Crippen LogP contribution in [0.3, 0.4) is 0 Å². The first-order chi connectivity index (χ1) is 15.0. The third kappa shape index (κ3) is 4.97. The van der Waals surface area contributed by atoms with Crippen LogP contribution in [0.1, 0.15) is 40.4 Å². The van der Waals surface area contributed by atoms with E-state index in [1.807, 2.05) is 29.2 Å². The summed E-state index contributed by atoms with van der Waals surface area (Å²) >= 11 is 0.